The Labute approximate surface area is 206 Å². The molecule has 0 aliphatic carbocycles. The van der Waals surface area contributed by atoms with E-state index >= 15 is 0 Å². The largest absolute Gasteiger partial charge is 0.497 e. The van der Waals surface area contributed by atoms with Crippen LogP contribution in [0.2, 0.25) is 0 Å². The lowest BCUT2D eigenvalue weighted by atomic mass is 10.1. The first-order valence-corrected chi connectivity index (χ1v) is 12.4. The van der Waals surface area contributed by atoms with Crippen molar-refractivity contribution in [1.82, 2.24) is 14.5 Å². The summed E-state index contributed by atoms with van der Waals surface area (Å²) in [6.07, 6.45) is 2.01. The number of methoxy groups -OCH3 is 1. The molecule has 2 heterocycles. The lowest BCUT2D eigenvalue weighted by Crippen LogP contribution is -2.28. The van der Waals surface area contributed by atoms with Gasteiger partial charge >= 0.3 is 0 Å². The van der Waals surface area contributed by atoms with Crippen molar-refractivity contribution in [3.05, 3.63) is 94.0 Å². The number of nitrogens with zero attached hydrogens (tertiary/aromatic N) is 3. The summed E-state index contributed by atoms with van der Waals surface area (Å²) >= 11 is 1.33. The lowest BCUT2D eigenvalue weighted by molar-refractivity contribution is 0.0793. The van der Waals surface area contributed by atoms with Crippen LogP contribution in [-0.4, -0.2) is 40.6 Å². The SMILES string of the molecule is COc1cccc(-n2c(SCc3cccc(F)c3)nc3cc(C(=O)N4CCCC4)ccc3c2=O)c1. The first-order valence-electron chi connectivity index (χ1n) is 11.4. The Bertz CT molecular complexity index is 1460. The van der Waals surface area contributed by atoms with Gasteiger partial charge in [-0.3, -0.25) is 14.2 Å². The number of rotatable bonds is 6. The number of fused-ring (bicyclic) bond motifs is 1. The van der Waals surface area contributed by atoms with E-state index in [2.05, 4.69) is 0 Å². The van der Waals surface area contributed by atoms with Gasteiger partial charge in [0.25, 0.3) is 11.5 Å². The van der Waals surface area contributed by atoms with E-state index in [0.29, 0.717) is 38.8 Å². The molecule has 5 rings (SSSR count). The van der Waals surface area contributed by atoms with Gasteiger partial charge in [-0.2, -0.15) is 0 Å². The van der Waals surface area contributed by atoms with Gasteiger partial charge in [-0.05, 0) is 60.9 Å². The topological polar surface area (TPSA) is 64.4 Å². The molecule has 8 heteroatoms. The number of carbonyl (C=O) groups is 1. The van der Waals surface area contributed by atoms with Crippen molar-refractivity contribution in [2.24, 2.45) is 0 Å². The van der Waals surface area contributed by atoms with E-state index in [1.807, 2.05) is 23.1 Å². The summed E-state index contributed by atoms with van der Waals surface area (Å²) in [5.41, 5.74) is 2.12. The minimum Gasteiger partial charge on any atom is -0.497 e. The number of hydrogen-bond donors (Lipinski definition) is 0. The molecule has 1 aliphatic heterocycles. The van der Waals surface area contributed by atoms with Crippen molar-refractivity contribution < 1.29 is 13.9 Å². The molecule has 3 aromatic carbocycles. The Balaban J connectivity index is 1.61. The van der Waals surface area contributed by atoms with Crippen LogP contribution >= 0.6 is 11.8 Å². The molecular formula is C27H24FN3O3S. The summed E-state index contributed by atoms with van der Waals surface area (Å²) in [5.74, 6) is 0.676. The second-order valence-corrected chi connectivity index (χ2v) is 9.33. The molecule has 35 heavy (non-hydrogen) atoms. The molecule has 1 fully saturated rings. The van der Waals surface area contributed by atoms with Crippen LogP contribution < -0.4 is 10.3 Å². The molecule has 4 aromatic rings. The van der Waals surface area contributed by atoms with Crippen LogP contribution in [0.1, 0.15) is 28.8 Å². The fourth-order valence-corrected chi connectivity index (χ4v) is 5.21. The van der Waals surface area contributed by atoms with E-state index in [4.69, 9.17) is 9.72 Å². The van der Waals surface area contributed by atoms with E-state index in [9.17, 15) is 14.0 Å². The first-order chi connectivity index (χ1) is 17.0. The van der Waals surface area contributed by atoms with E-state index < -0.39 is 0 Å². The van der Waals surface area contributed by atoms with Crippen molar-refractivity contribution in [3.63, 3.8) is 0 Å². The highest BCUT2D eigenvalue weighted by atomic mass is 32.2. The van der Waals surface area contributed by atoms with Gasteiger partial charge in [0.15, 0.2) is 5.16 Å². The Morgan fingerprint density at radius 2 is 1.86 bits per heavy atom. The summed E-state index contributed by atoms with van der Waals surface area (Å²) in [4.78, 5) is 33.2. The van der Waals surface area contributed by atoms with E-state index in [0.717, 1.165) is 31.5 Å². The van der Waals surface area contributed by atoms with Crippen LogP contribution in [0, 0.1) is 5.82 Å². The van der Waals surface area contributed by atoms with Crippen molar-refractivity contribution in [2.45, 2.75) is 23.8 Å². The number of aromatic nitrogens is 2. The zero-order valence-electron chi connectivity index (χ0n) is 19.2. The molecule has 1 aromatic heterocycles. The van der Waals surface area contributed by atoms with Crippen molar-refractivity contribution in [3.8, 4) is 11.4 Å². The summed E-state index contributed by atoms with van der Waals surface area (Å²) in [5, 5.41) is 0.867. The third-order valence-corrected chi connectivity index (χ3v) is 7.06. The second kappa shape index (κ2) is 9.92. The summed E-state index contributed by atoms with van der Waals surface area (Å²) < 4.78 is 20.6. The van der Waals surface area contributed by atoms with Gasteiger partial charge in [0.05, 0.1) is 23.7 Å². The second-order valence-electron chi connectivity index (χ2n) is 8.39. The van der Waals surface area contributed by atoms with Gasteiger partial charge in [-0.15, -0.1) is 0 Å². The molecule has 1 saturated heterocycles. The number of likely N-dealkylation sites (tertiary alicyclic amines) is 1. The van der Waals surface area contributed by atoms with Gasteiger partial charge in [0.2, 0.25) is 0 Å². The third kappa shape index (κ3) is 4.79. The Morgan fingerprint density at radius 1 is 1.06 bits per heavy atom. The highest BCUT2D eigenvalue weighted by Crippen LogP contribution is 2.27. The van der Waals surface area contributed by atoms with Crippen LogP contribution in [0.5, 0.6) is 5.75 Å². The smallest absolute Gasteiger partial charge is 0.266 e. The molecule has 0 atom stereocenters. The van der Waals surface area contributed by atoms with Gasteiger partial charge in [0.1, 0.15) is 11.6 Å². The van der Waals surface area contributed by atoms with Crippen LogP contribution in [0.15, 0.2) is 76.7 Å². The average Bonchev–Trinajstić information content (AvgIpc) is 3.42. The van der Waals surface area contributed by atoms with Crippen LogP contribution in [-0.2, 0) is 5.75 Å². The summed E-state index contributed by atoms with van der Waals surface area (Å²) in [6, 6.07) is 18.6. The number of halogens is 1. The van der Waals surface area contributed by atoms with E-state index in [1.54, 1.807) is 43.5 Å². The minimum atomic E-state index is -0.315. The normalized spacial score (nSPS) is 13.4. The first kappa shape index (κ1) is 23.1. The lowest BCUT2D eigenvalue weighted by Gasteiger charge is -2.17. The maximum atomic E-state index is 13.7. The number of benzene rings is 3. The van der Waals surface area contributed by atoms with Crippen molar-refractivity contribution >= 4 is 28.6 Å². The van der Waals surface area contributed by atoms with Gasteiger partial charge < -0.3 is 9.64 Å². The predicted octanol–water partition coefficient (Wildman–Crippen LogP) is 5.06. The predicted molar refractivity (Wildman–Crippen MR) is 135 cm³/mol. The molecule has 178 valence electrons. The fourth-order valence-electron chi connectivity index (χ4n) is 4.25. The van der Waals surface area contributed by atoms with E-state index in [1.165, 1.54) is 28.5 Å². The summed E-state index contributed by atoms with van der Waals surface area (Å²) in [6.45, 7) is 1.49. The monoisotopic (exact) mass is 489 g/mol. The Hall–Kier alpha value is -3.65. The number of hydrogen-bond acceptors (Lipinski definition) is 5. The molecule has 1 amide bonds. The number of ether oxygens (including phenoxy) is 1. The van der Waals surface area contributed by atoms with Crippen LogP contribution in [0.4, 0.5) is 4.39 Å². The zero-order valence-corrected chi connectivity index (χ0v) is 20.1. The maximum absolute atomic E-state index is 13.7. The molecule has 0 radical (unpaired) electrons. The zero-order chi connectivity index (χ0) is 24.4. The van der Waals surface area contributed by atoms with Crippen molar-refractivity contribution in [2.75, 3.05) is 20.2 Å². The number of thioether (sulfide) groups is 1. The highest BCUT2D eigenvalue weighted by Gasteiger charge is 2.21. The summed E-state index contributed by atoms with van der Waals surface area (Å²) in [7, 11) is 1.57. The van der Waals surface area contributed by atoms with Crippen LogP contribution in [0.3, 0.4) is 0 Å². The molecule has 1 aliphatic rings. The Morgan fingerprint density at radius 3 is 2.63 bits per heavy atom. The molecule has 0 spiro atoms. The maximum Gasteiger partial charge on any atom is 0.266 e. The van der Waals surface area contributed by atoms with Gasteiger partial charge in [-0.25, -0.2) is 9.37 Å². The van der Waals surface area contributed by atoms with Crippen molar-refractivity contribution in [1.29, 1.82) is 0 Å². The molecule has 6 nitrogen and oxygen atoms in total. The minimum absolute atomic E-state index is 0.0443. The molecule has 0 N–H and O–H groups in total. The average molecular weight is 490 g/mol. The standard InChI is InChI=1S/C27H24FN3O3S/c1-34-22-9-5-8-21(16-22)31-26(33)23-11-10-19(25(32)30-12-2-3-13-30)15-24(23)29-27(31)35-17-18-6-4-7-20(28)14-18/h4-11,14-16H,2-3,12-13,17H2,1H3. The third-order valence-electron chi connectivity index (χ3n) is 6.05. The fraction of sp³-hybridized carbons (Fsp3) is 0.222. The molecule has 0 saturated carbocycles. The Kier molecular flexibility index (Phi) is 6.55. The van der Waals surface area contributed by atoms with Gasteiger partial charge in [-0.1, -0.05) is 30.0 Å². The molecule has 0 bridgehead atoms. The van der Waals surface area contributed by atoms with Crippen LogP contribution in [0.25, 0.3) is 16.6 Å². The van der Waals surface area contributed by atoms with E-state index in [-0.39, 0.29) is 17.3 Å². The van der Waals surface area contributed by atoms with Gasteiger partial charge in [0, 0.05) is 30.5 Å². The molecule has 0 unspecified atom stereocenters. The molecular weight excluding hydrogens is 465 g/mol. The number of carbonyl (C=O) groups excluding carboxylic acids is 1. The number of amides is 1. The highest BCUT2D eigenvalue weighted by molar-refractivity contribution is 7.98. The quantitative estimate of drug-likeness (QED) is 0.280.